The third kappa shape index (κ3) is 3.17. The predicted molar refractivity (Wildman–Crippen MR) is 72.3 cm³/mol. The minimum Gasteiger partial charge on any atom is -0.327 e. The van der Waals surface area contributed by atoms with Crippen molar-refractivity contribution in [2.75, 3.05) is 0 Å². The molecular weight excluding hydrogens is 224 g/mol. The van der Waals surface area contributed by atoms with Crippen LogP contribution in [0.25, 0.3) is 0 Å². The zero-order chi connectivity index (χ0) is 13.0. The van der Waals surface area contributed by atoms with E-state index in [1.54, 1.807) is 6.33 Å². The first kappa shape index (κ1) is 12.8. The van der Waals surface area contributed by atoms with E-state index in [0.29, 0.717) is 0 Å². The molecule has 18 heavy (non-hydrogen) atoms. The number of hydrogen-bond acceptors (Lipinski definition) is 3. The van der Waals surface area contributed by atoms with Crippen LogP contribution in [0.1, 0.15) is 23.9 Å². The second-order valence-electron chi connectivity index (χ2n) is 4.65. The van der Waals surface area contributed by atoms with E-state index in [-0.39, 0.29) is 6.04 Å². The third-order valence-corrected chi connectivity index (χ3v) is 3.02. The first-order valence-corrected chi connectivity index (χ1v) is 6.37. The maximum Gasteiger partial charge on any atom is 0.138 e. The quantitative estimate of drug-likeness (QED) is 0.871. The molecule has 2 N–H and O–H groups in total. The lowest BCUT2D eigenvalue weighted by Crippen LogP contribution is -2.27. The normalized spacial score (nSPS) is 12.6. The van der Waals surface area contributed by atoms with Crippen LogP contribution in [-0.4, -0.2) is 20.8 Å². The molecule has 0 saturated heterocycles. The number of nitrogens with zero attached hydrogens (tertiary/aromatic N) is 3. The topological polar surface area (TPSA) is 56.7 Å². The van der Waals surface area contributed by atoms with Crippen molar-refractivity contribution >= 4 is 0 Å². The number of benzene rings is 1. The molecule has 0 aliphatic carbocycles. The largest absolute Gasteiger partial charge is 0.327 e. The van der Waals surface area contributed by atoms with E-state index in [2.05, 4.69) is 48.2 Å². The monoisotopic (exact) mass is 244 g/mol. The van der Waals surface area contributed by atoms with Gasteiger partial charge in [0.1, 0.15) is 12.2 Å². The molecule has 1 aromatic carbocycles. The number of nitrogens with two attached hydrogens (primary N) is 1. The molecular formula is C14H20N4. The van der Waals surface area contributed by atoms with Gasteiger partial charge in [0.2, 0.25) is 0 Å². The molecule has 1 unspecified atom stereocenters. The Bertz CT molecular complexity index is 504. The molecule has 1 atom stereocenters. The molecule has 0 aliphatic rings. The van der Waals surface area contributed by atoms with Gasteiger partial charge in [0.05, 0.1) is 0 Å². The Morgan fingerprint density at radius 2 is 2.17 bits per heavy atom. The highest BCUT2D eigenvalue weighted by Crippen LogP contribution is 2.08. The number of rotatable bonds is 5. The lowest BCUT2D eigenvalue weighted by molar-refractivity contribution is 0.567. The molecule has 96 valence electrons. The van der Waals surface area contributed by atoms with Gasteiger partial charge in [0, 0.05) is 19.0 Å². The summed E-state index contributed by atoms with van der Waals surface area (Å²) in [5.74, 6) is 0.970. The minimum atomic E-state index is 0.0845. The molecule has 0 amide bonds. The van der Waals surface area contributed by atoms with Gasteiger partial charge in [0.15, 0.2) is 0 Å². The van der Waals surface area contributed by atoms with Crippen molar-refractivity contribution in [3.63, 3.8) is 0 Å². The smallest absolute Gasteiger partial charge is 0.138 e. The molecule has 0 spiro atoms. The molecule has 2 aromatic rings. The van der Waals surface area contributed by atoms with E-state index in [1.807, 2.05) is 4.68 Å². The molecule has 0 fully saturated rings. The number of aryl methyl sites for hydroxylation is 2. The fourth-order valence-electron chi connectivity index (χ4n) is 2.16. The fourth-order valence-corrected chi connectivity index (χ4v) is 2.16. The van der Waals surface area contributed by atoms with E-state index >= 15 is 0 Å². The number of aromatic nitrogens is 3. The maximum absolute atomic E-state index is 6.19. The Balaban J connectivity index is 1.98. The maximum atomic E-state index is 6.19. The highest BCUT2D eigenvalue weighted by molar-refractivity contribution is 5.23. The highest BCUT2D eigenvalue weighted by atomic mass is 15.3. The van der Waals surface area contributed by atoms with Crippen LogP contribution in [-0.2, 0) is 19.4 Å². The fraction of sp³-hybridized carbons (Fsp3) is 0.429. The molecule has 0 aliphatic heterocycles. The van der Waals surface area contributed by atoms with Gasteiger partial charge in [-0.1, -0.05) is 29.8 Å². The van der Waals surface area contributed by atoms with Crippen LogP contribution in [0.15, 0.2) is 30.6 Å². The summed E-state index contributed by atoms with van der Waals surface area (Å²) in [6.45, 7) is 5.00. The summed E-state index contributed by atoms with van der Waals surface area (Å²) in [5, 5.41) is 4.16. The zero-order valence-corrected chi connectivity index (χ0v) is 11.0. The van der Waals surface area contributed by atoms with Gasteiger partial charge in [-0.2, -0.15) is 5.10 Å². The van der Waals surface area contributed by atoms with Gasteiger partial charge in [-0.05, 0) is 25.8 Å². The summed E-state index contributed by atoms with van der Waals surface area (Å²) in [6, 6.07) is 8.57. The Morgan fingerprint density at radius 1 is 1.33 bits per heavy atom. The van der Waals surface area contributed by atoms with Gasteiger partial charge >= 0.3 is 0 Å². The second kappa shape index (κ2) is 5.78. The first-order chi connectivity index (χ1) is 8.69. The van der Waals surface area contributed by atoms with Crippen LogP contribution < -0.4 is 5.73 Å². The van der Waals surface area contributed by atoms with Crippen molar-refractivity contribution in [3.05, 3.63) is 47.5 Å². The average Bonchev–Trinajstić information content (AvgIpc) is 2.76. The Hall–Kier alpha value is -1.68. The van der Waals surface area contributed by atoms with Crippen LogP contribution in [0.3, 0.4) is 0 Å². The van der Waals surface area contributed by atoms with Gasteiger partial charge in [0.25, 0.3) is 0 Å². The van der Waals surface area contributed by atoms with Gasteiger partial charge in [-0.25, -0.2) is 4.98 Å². The van der Waals surface area contributed by atoms with Crippen LogP contribution in [0.4, 0.5) is 0 Å². The molecule has 4 nitrogen and oxygen atoms in total. The SMILES string of the molecule is CCn1ncnc1CC(N)Cc1cccc(C)c1. The second-order valence-corrected chi connectivity index (χ2v) is 4.65. The van der Waals surface area contributed by atoms with E-state index in [1.165, 1.54) is 11.1 Å². The Labute approximate surface area is 108 Å². The minimum absolute atomic E-state index is 0.0845. The van der Waals surface area contributed by atoms with Crippen LogP contribution in [0.5, 0.6) is 0 Å². The first-order valence-electron chi connectivity index (χ1n) is 6.37. The summed E-state index contributed by atoms with van der Waals surface area (Å²) in [4.78, 5) is 4.26. The average molecular weight is 244 g/mol. The van der Waals surface area contributed by atoms with E-state index < -0.39 is 0 Å². The van der Waals surface area contributed by atoms with Gasteiger partial charge in [-0.3, -0.25) is 4.68 Å². The predicted octanol–water partition coefficient (Wildman–Crippen LogP) is 1.72. The van der Waals surface area contributed by atoms with Crippen LogP contribution in [0.2, 0.25) is 0 Å². The van der Waals surface area contributed by atoms with Crippen LogP contribution >= 0.6 is 0 Å². The van der Waals surface area contributed by atoms with Crippen molar-refractivity contribution in [2.24, 2.45) is 5.73 Å². The summed E-state index contributed by atoms with van der Waals surface area (Å²) in [5.41, 5.74) is 8.75. The van der Waals surface area contributed by atoms with Crippen molar-refractivity contribution < 1.29 is 0 Å². The van der Waals surface area contributed by atoms with Crippen LogP contribution in [0, 0.1) is 6.92 Å². The molecule has 0 saturated carbocycles. The molecule has 0 bridgehead atoms. The van der Waals surface area contributed by atoms with Crippen molar-refractivity contribution in [3.8, 4) is 0 Å². The highest BCUT2D eigenvalue weighted by Gasteiger charge is 2.10. The Morgan fingerprint density at radius 3 is 2.89 bits per heavy atom. The zero-order valence-electron chi connectivity index (χ0n) is 11.0. The van der Waals surface area contributed by atoms with E-state index in [4.69, 9.17) is 5.73 Å². The van der Waals surface area contributed by atoms with Crippen molar-refractivity contribution in [2.45, 2.75) is 39.3 Å². The van der Waals surface area contributed by atoms with Crippen molar-refractivity contribution in [1.29, 1.82) is 0 Å². The van der Waals surface area contributed by atoms with E-state index in [0.717, 1.165) is 25.2 Å². The lowest BCUT2D eigenvalue weighted by atomic mass is 10.0. The van der Waals surface area contributed by atoms with Gasteiger partial charge < -0.3 is 5.73 Å². The lowest BCUT2D eigenvalue weighted by Gasteiger charge is -2.12. The molecule has 2 rings (SSSR count). The van der Waals surface area contributed by atoms with Gasteiger partial charge in [-0.15, -0.1) is 0 Å². The Kier molecular flexibility index (Phi) is 4.10. The summed E-state index contributed by atoms with van der Waals surface area (Å²) in [7, 11) is 0. The summed E-state index contributed by atoms with van der Waals surface area (Å²) < 4.78 is 1.90. The molecule has 0 radical (unpaired) electrons. The van der Waals surface area contributed by atoms with E-state index in [9.17, 15) is 0 Å². The molecule has 1 heterocycles. The number of hydrogen-bond donors (Lipinski definition) is 1. The summed E-state index contributed by atoms with van der Waals surface area (Å²) in [6.07, 6.45) is 3.23. The van der Waals surface area contributed by atoms with Crippen molar-refractivity contribution in [1.82, 2.24) is 14.8 Å². The molecule has 1 aromatic heterocycles. The third-order valence-electron chi connectivity index (χ3n) is 3.02. The molecule has 4 heteroatoms. The standard InChI is InChI=1S/C14H20N4/c1-3-18-14(16-10-17-18)9-13(15)8-12-6-4-5-11(2)7-12/h4-7,10,13H,3,8-9,15H2,1-2H3. The summed E-state index contributed by atoms with van der Waals surface area (Å²) >= 11 is 0.